The fourth-order valence-corrected chi connectivity index (χ4v) is 6.06. The second kappa shape index (κ2) is 21.3. The molecule has 0 saturated carbocycles. The number of nitrogens with zero attached hydrogens (tertiary/aromatic N) is 5. The SMILES string of the molecule is COc1cc(N=Nc2cccc(SOO[O-])c2)ccc1Nc1nc(NCCO)nc(Nc2ccc3cc(S(=O)(=O)[O-])cc(S(=O)(=O)[O-])c3c2)n1.[Na+].[Na+].[Na+]. The summed E-state index contributed by atoms with van der Waals surface area (Å²) >= 11 is 0.711. The summed E-state index contributed by atoms with van der Waals surface area (Å²) in [6, 6.07) is 17.0. The van der Waals surface area contributed by atoms with Gasteiger partial charge in [-0.05, 0) is 60.0 Å². The van der Waals surface area contributed by atoms with E-state index in [4.69, 9.17) is 4.74 Å². The number of rotatable bonds is 15. The fourth-order valence-electron chi connectivity index (χ4n) is 4.32. The van der Waals surface area contributed by atoms with E-state index in [0.29, 0.717) is 45.8 Å². The topological polar surface area (TPSA) is 285 Å². The van der Waals surface area contributed by atoms with Crippen molar-refractivity contribution in [1.29, 1.82) is 0 Å². The number of anilines is 5. The second-order valence-corrected chi connectivity index (χ2v) is 13.3. The van der Waals surface area contributed by atoms with E-state index in [0.717, 1.165) is 6.07 Å². The minimum absolute atomic E-state index is 0. The third-order valence-corrected chi connectivity index (χ3v) is 8.68. The molecule has 0 aliphatic heterocycles. The molecule has 25 heteroatoms. The van der Waals surface area contributed by atoms with Gasteiger partial charge in [-0.15, -0.1) is 0 Å². The maximum atomic E-state index is 12.0. The molecule has 5 rings (SSSR count). The van der Waals surface area contributed by atoms with E-state index in [1.165, 1.54) is 25.3 Å². The van der Waals surface area contributed by atoms with Crippen molar-refractivity contribution in [3.63, 3.8) is 0 Å². The number of benzene rings is 4. The van der Waals surface area contributed by atoms with Crippen LogP contribution in [0.3, 0.4) is 0 Å². The molecule has 0 amide bonds. The average molecular weight is 813 g/mol. The van der Waals surface area contributed by atoms with E-state index in [2.05, 4.69) is 50.5 Å². The standard InChI is InChI=1S/C28H26N8O11S3.3Na/c1-45-24-14-19(36-35-18-3-2-4-20(12-18)48-47-46-38)7-8-23(24)31-28-33-26(29-9-10-37)32-27(34-28)30-17-6-5-16-11-21(49(39,40)41)15-25(22(16)13-17)50(42,43)44;;;/h2-8,11-15,37-38H,9-10H2,1H3,(H,39,40,41)(H,42,43,44)(H3,29,30,31,32,33,34);;;/q;3*+1/p-3. The number of hydrogen-bond donors (Lipinski definition) is 4. The van der Waals surface area contributed by atoms with Gasteiger partial charge in [0, 0.05) is 28.6 Å². The van der Waals surface area contributed by atoms with E-state index < -0.39 is 30.0 Å². The summed E-state index contributed by atoms with van der Waals surface area (Å²) in [5.74, 6) is 0.296. The van der Waals surface area contributed by atoms with Crippen molar-refractivity contribution in [2.45, 2.75) is 14.7 Å². The third-order valence-electron chi connectivity index (χ3n) is 6.42. The molecular formula is C28H23N8Na3O11S3. The fraction of sp³-hybridized carbons (Fsp3) is 0.107. The molecule has 53 heavy (non-hydrogen) atoms. The van der Waals surface area contributed by atoms with Gasteiger partial charge in [-0.1, -0.05) is 12.1 Å². The summed E-state index contributed by atoms with van der Waals surface area (Å²) in [6.07, 6.45) is 0. The van der Waals surface area contributed by atoms with Crippen molar-refractivity contribution in [2.24, 2.45) is 10.2 Å². The van der Waals surface area contributed by atoms with Crippen molar-refractivity contribution < 1.29 is 139 Å². The van der Waals surface area contributed by atoms with Gasteiger partial charge in [-0.25, -0.2) is 16.8 Å². The number of ether oxygens (including phenoxy) is 1. The first-order chi connectivity index (χ1) is 23.9. The smallest absolute Gasteiger partial charge is 0.744 e. The molecule has 0 radical (unpaired) electrons. The molecule has 19 nitrogen and oxygen atoms in total. The van der Waals surface area contributed by atoms with Gasteiger partial charge >= 0.3 is 88.7 Å². The van der Waals surface area contributed by atoms with Crippen molar-refractivity contribution in [3.8, 4) is 5.75 Å². The normalized spacial score (nSPS) is 11.3. The summed E-state index contributed by atoms with van der Waals surface area (Å²) in [5.41, 5.74) is 1.48. The van der Waals surface area contributed by atoms with Crippen LogP contribution in [-0.2, 0) is 29.6 Å². The molecular weight excluding hydrogens is 790 g/mol. The maximum absolute atomic E-state index is 12.0. The zero-order valence-electron chi connectivity index (χ0n) is 28.3. The zero-order chi connectivity index (χ0) is 35.9. The van der Waals surface area contributed by atoms with Crippen LogP contribution in [0.4, 0.5) is 40.6 Å². The molecule has 0 fully saturated rings. The molecule has 0 bridgehead atoms. The summed E-state index contributed by atoms with van der Waals surface area (Å²) in [5, 5.41) is 39.7. The predicted octanol–water partition coefficient (Wildman–Crippen LogP) is -5.61. The number of fused-ring (bicyclic) bond motifs is 1. The van der Waals surface area contributed by atoms with Crippen LogP contribution < -0.4 is 115 Å². The third kappa shape index (κ3) is 13.3. The quantitative estimate of drug-likeness (QED) is 0.0191. The Morgan fingerprint density at radius 3 is 2.13 bits per heavy atom. The number of methoxy groups -OCH3 is 1. The Morgan fingerprint density at radius 1 is 0.811 bits per heavy atom. The molecule has 0 saturated heterocycles. The molecule has 1 heterocycles. The van der Waals surface area contributed by atoms with E-state index in [-0.39, 0.29) is 136 Å². The molecule has 0 aliphatic rings. The van der Waals surface area contributed by atoms with Crippen LogP contribution in [0.25, 0.3) is 10.8 Å². The van der Waals surface area contributed by atoms with Crippen molar-refractivity contribution >= 4 is 83.6 Å². The summed E-state index contributed by atoms with van der Waals surface area (Å²) in [7, 11) is -8.84. The number of nitrogens with one attached hydrogen (secondary N) is 3. The van der Waals surface area contributed by atoms with Crippen molar-refractivity contribution in [1.82, 2.24) is 15.0 Å². The van der Waals surface area contributed by atoms with Crippen LogP contribution in [-0.4, -0.2) is 66.3 Å². The van der Waals surface area contributed by atoms with Crippen LogP contribution in [0.15, 0.2) is 97.7 Å². The molecule has 0 spiro atoms. The largest absolute Gasteiger partial charge is 1.00 e. The minimum Gasteiger partial charge on any atom is -0.744 e. The maximum Gasteiger partial charge on any atom is 1.00 e. The van der Waals surface area contributed by atoms with Gasteiger partial charge in [-0.3, -0.25) is 5.04 Å². The molecule has 4 aromatic carbocycles. The Hall–Kier alpha value is -2.04. The van der Waals surface area contributed by atoms with E-state index >= 15 is 0 Å². The molecule has 0 atom stereocenters. The van der Waals surface area contributed by atoms with Gasteiger partial charge in [0.2, 0.25) is 17.8 Å². The number of aliphatic hydroxyl groups excluding tert-OH is 1. The van der Waals surface area contributed by atoms with Crippen molar-refractivity contribution in [2.75, 3.05) is 36.2 Å². The van der Waals surface area contributed by atoms with Crippen LogP contribution in [0.5, 0.6) is 5.75 Å². The Morgan fingerprint density at radius 2 is 1.49 bits per heavy atom. The number of azo groups is 1. The van der Waals surface area contributed by atoms with Gasteiger partial charge in [-0.2, -0.15) is 29.5 Å². The van der Waals surface area contributed by atoms with Gasteiger partial charge < -0.3 is 40.2 Å². The van der Waals surface area contributed by atoms with Gasteiger partial charge in [0.1, 0.15) is 26.0 Å². The summed E-state index contributed by atoms with van der Waals surface area (Å²) in [6.45, 7) is -0.163. The Kier molecular flexibility index (Phi) is 18.9. The monoisotopic (exact) mass is 812 g/mol. The van der Waals surface area contributed by atoms with Crippen LogP contribution in [0.2, 0.25) is 0 Å². The van der Waals surface area contributed by atoms with E-state index in [1.54, 1.807) is 42.5 Å². The molecule has 1 aromatic heterocycles. The predicted molar refractivity (Wildman–Crippen MR) is 173 cm³/mol. The van der Waals surface area contributed by atoms with Crippen molar-refractivity contribution in [3.05, 3.63) is 72.8 Å². The van der Waals surface area contributed by atoms with Crippen LogP contribution >= 0.6 is 12.0 Å². The number of aromatic nitrogens is 3. The number of hydrogen-bond acceptors (Lipinski definition) is 20. The van der Waals surface area contributed by atoms with E-state index in [1.807, 2.05) is 0 Å². The average Bonchev–Trinajstić information content (AvgIpc) is 3.08. The zero-order valence-corrected chi connectivity index (χ0v) is 36.8. The Labute approximate surface area is 373 Å². The van der Waals surface area contributed by atoms with Crippen LogP contribution in [0.1, 0.15) is 0 Å². The minimum atomic E-state index is -5.20. The molecule has 0 aliphatic carbocycles. The molecule has 262 valence electrons. The summed E-state index contributed by atoms with van der Waals surface area (Å²) < 4.78 is 80.5. The van der Waals surface area contributed by atoms with Gasteiger partial charge in [0.05, 0.1) is 52.6 Å². The Bertz CT molecular complexity index is 2290. The first-order valence-electron chi connectivity index (χ1n) is 13.8. The molecule has 0 unspecified atom stereocenters. The number of aliphatic hydroxyl groups is 1. The first-order valence-corrected chi connectivity index (χ1v) is 17.4. The molecule has 4 N–H and O–H groups in total. The van der Waals surface area contributed by atoms with Crippen LogP contribution in [0, 0.1) is 0 Å². The van der Waals surface area contributed by atoms with E-state index in [9.17, 15) is 36.3 Å². The first kappa shape index (κ1) is 47.1. The van der Waals surface area contributed by atoms with Gasteiger partial charge in [0.15, 0.2) is 0 Å². The molecule has 5 aromatic rings. The Balaban J connectivity index is 0.00000324. The second-order valence-electron chi connectivity index (χ2n) is 9.77. The summed E-state index contributed by atoms with van der Waals surface area (Å²) in [4.78, 5) is 11.7. The van der Waals surface area contributed by atoms with Gasteiger partial charge in [0.25, 0.3) is 0 Å².